The predicted molar refractivity (Wildman–Crippen MR) is 92.4 cm³/mol. The van der Waals surface area contributed by atoms with Crippen molar-refractivity contribution in [3.05, 3.63) is 54.1 Å². The third-order valence-corrected chi connectivity index (χ3v) is 3.98. The van der Waals surface area contributed by atoms with Crippen molar-refractivity contribution in [3.8, 4) is 0 Å². The maximum Gasteiger partial charge on any atom is 0.424 e. The monoisotopic (exact) mass is 369 g/mol. The van der Waals surface area contributed by atoms with E-state index in [0.717, 1.165) is 10.1 Å². The van der Waals surface area contributed by atoms with E-state index in [4.69, 9.17) is 5.73 Å². The molecule has 9 heteroatoms. The largest absolute Gasteiger partial charge is 0.424 e. The summed E-state index contributed by atoms with van der Waals surface area (Å²) < 4.78 is 41.2. The molecule has 1 heterocycles. The van der Waals surface area contributed by atoms with Crippen LogP contribution in [0.4, 0.5) is 13.2 Å². The Balaban J connectivity index is 1.92. The number of rotatable bonds is 7. The topological polar surface area (TPSA) is 88.5 Å². The Bertz CT molecular complexity index is 729. The summed E-state index contributed by atoms with van der Waals surface area (Å²) in [5, 5.41) is 13.0. The van der Waals surface area contributed by atoms with Gasteiger partial charge in [0.2, 0.25) is 5.60 Å². The molecule has 0 fully saturated rings. The van der Waals surface area contributed by atoms with E-state index in [0.29, 0.717) is 13.0 Å². The molecule has 0 aliphatic carbocycles. The molecule has 0 aliphatic rings. The van der Waals surface area contributed by atoms with Crippen molar-refractivity contribution >= 4 is 5.96 Å². The Hall–Kier alpha value is -2.55. The molecule has 0 radical (unpaired) electrons. The standard InChI is InChI=1S/C17H22F3N5O/c1-25-12-11-22-14(25)16(26,17(18,19)20)8-10-24-15(21)23-9-7-13-5-3-2-4-6-13/h2-6,11-12,26H,7-10H2,1H3,(H3,21,23,24). The van der Waals surface area contributed by atoms with Gasteiger partial charge in [0.15, 0.2) is 5.96 Å². The highest BCUT2D eigenvalue weighted by atomic mass is 19.4. The first kappa shape index (κ1) is 19.8. The Labute approximate surface area is 149 Å². The first-order valence-corrected chi connectivity index (χ1v) is 8.08. The van der Waals surface area contributed by atoms with E-state index < -0.39 is 24.0 Å². The highest BCUT2D eigenvalue weighted by molar-refractivity contribution is 5.77. The fourth-order valence-electron chi connectivity index (χ4n) is 2.52. The van der Waals surface area contributed by atoms with Crippen LogP contribution >= 0.6 is 0 Å². The molecule has 0 bridgehead atoms. The second-order valence-corrected chi connectivity index (χ2v) is 5.90. The van der Waals surface area contributed by atoms with Gasteiger partial charge in [0, 0.05) is 39.0 Å². The van der Waals surface area contributed by atoms with Crippen LogP contribution in [0.5, 0.6) is 0 Å². The van der Waals surface area contributed by atoms with Gasteiger partial charge in [-0.3, -0.25) is 4.99 Å². The molecule has 4 N–H and O–H groups in total. The number of aryl methyl sites for hydroxylation is 1. The fourth-order valence-corrected chi connectivity index (χ4v) is 2.52. The SMILES string of the molecule is Cn1ccnc1C(O)(CCN=C(N)NCCc1ccccc1)C(F)(F)F. The van der Waals surface area contributed by atoms with Crippen LogP contribution in [0.15, 0.2) is 47.7 Å². The van der Waals surface area contributed by atoms with Crippen LogP contribution in [-0.4, -0.2) is 39.9 Å². The number of aliphatic hydroxyl groups is 1. The van der Waals surface area contributed by atoms with Crippen molar-refractivity contribution < 1.29 is 18.3 Å². The normalized spacial score (nSPS) is 14.9. The van der Waals surface area contributed by atoms with Gasteiger partial charge < -0.3 is 20.7 Å². The van der Waals surface area contributed by atoms with E-state index in [9.17, 15) is 18.3 Å². The van der Waals surface area contributed by atoms with Crippen LogP contribution in [0.2, 0.25) is 0 Å². The summed E-state index contributed by atoms with van der Waals surface area (Å²) in [7, 11) is 1.39. The van der Waals surface area contributed by atoms with Crippen LogP contribution in [-0.2, 0) is 19.1 Å². The van der Waals surface area contributed by atoms with Crippen LogP contribution in [0.25, 0.3) is 0 Å². The molecule has 1 aromatic heterocycles. The highest BCUT2D eigenvalue weighted by Gasteiger charge is 2.57. The van der Waals surface area contributed by atoms with Gasteiger partial charge in [-0.25, -0.2) is 4.98 Å². The maximum atomic E-state index is 13.4. The molecule has 6 nitrogen and oxygen atoms in total. The molecule has 142 valence electrons. The van der Waals surface area contributed by atoms with E-state index in [2.05, 4.69) is 15.3 Å². The first-order valence-electron chi connectivity index (χ1n) is 8.08. The summed E-state index contributed by atoms with van der Waals surface area (Å²) in [6.07, 6.45) is -2.31. The molecule has 2 rings (SSSR count). The second-order valence-electron chi connectivity index (χ2n) is 5.90. The average molecular weight is 369 g/mol. The summed E-state index contributed by atoms with van der Waals surface area (Å²) in [4.78, 5) is 7.51. The number of imidazole rings is 1. The number of alkyl halides is 3. The molecule has 0 saturated heterocycles. The highest BCUT2D eigenvalue weighted by Crippen LogP contribution is 2.40. The summed E-state index contributed by atoms with van der Waals surface area (Å²) in [6.45, 7) is 0.204. The fraction of sp³-hybridized carbons (Fsp3) is 0.412. The van der Waals surface area contributed by atoms with E-state index in [-0.39, 0.29) is 12.5 Å². The van der Waals surface area contributed by atoms with Gasteiger partial charge in [-0.05, 0) is 12.0 Å². The van der Waals surface area contributed by atoms with Crippen molar-refractivity contribution in [2.24, 2.45) is 17.8 Å². The average Bonchev–Trinajstić information content (AvgIpc) is 3.01. The maximum absolute atomic E-state index is 13.4. The van der Waals surface area contributed by atoms with E-state index in [1.807, 2.05) is 30.3 Å². The number of nitrogens with zero attached hydrogens (tertiary/aromatic N) is 3. The molecular weight excluding hydrogens is 347 g/mol. The number of aromatic nitrogens is 2. The first-order chi connectivity index (χ1) is 12.2. The number of guanidine groups is 1. The van der Waals surface area contributed by atoms with Gasteiger partial charge in [0.25, 0.3) is 0 Å². The van der Waals surface area contributed by atoms with Crippen molar-refractivity contribution in [3.63, 3.8) is 0 Å². The minimum atomic E-state index is -4.88. The van der Waals surface area contributed by atoms with Gasteiger partial charge in [-0.1, -0.05) is 30.3 Å². The van der Waals surface area contributed by atoms with E-state index in [1.165, 1.54) is 19.4 Å². The third-order valence-electron chi connectivity index (χ3n) is 3.98. The zero-order valence-electron chi connectivity index (χ0n) is 14.4. The molecule has 1 aromatic carbocycles. The number of nitrogens with two attached hydrogens (primary N) is 1. The second kappa shape index (κ2) is 8.22. The molecule has 0 aliphatic heterocycles. The number of benzene rings is 1. The Morgan fingerprint density at radius 2 is 2.00 bits per heavy atom. The predicted octanol–water partition coefficient (Wildman–Crippen LogP) is 1.71. The van der Waals surface area contributed by atoms with Gasteiger partial charge in [-0.15, -0.1) is 0 Å². The van der Waals surface area contributed by atoms with Crippen molar-refractivity contribution in [1.29, 1.82) is 0 Å². The van der Waals surface area contributed by atoms with Gasteiger partial charge in [0.05, 0.1) is 0 Å². The number of nitrogens with one attached hydrogen (secondary N) is 1. The number of halogens is 3. The van der Waals surface area contributed by atoms with Crippen LogP contribution in [0.1, 0.15) is 17.8 Å². The van der Waals surface area contributed by atoms with E-state index >= 15 is 0 Å². The quantitative estimate of drug-likeness (QED) is 0.512. The van der Waals surface area contributed by atoms with Gasteiger partial charge in [0.1, 0.15) is 5.82 Å². The van der Waals surface area contributed by atoms with Crippen LogP contribution < -0.4 is 11.1 Å². The number of aliphatic imine (C=N–C) groups is 1. The van der Waals surface area contributed by atoms with E-state index in [1.54, 1.807) is 0 Å². The molecular formula is C17H22F3N5O. The van der Waals surface area contributed by atoms with Crippen molar-refractivity contribution in [2.75, 3.05) is 13.1 Å². The third kappa shape index (κ3) is 4.75. The lowest BCUT2D eigenvalue weighted by atomic mass is 9.98. The molecule has 0 saturated carbocycles. The number of hydrogen-bond acceptors (Lipinski definition) is 3. The summed E-state index contributed by atoms with van der Waals surface area (Å²) in [5.41, 5.74) is 3.70. The minimum absolute atomic E-state index is 0.0327. The lowest BCUT2D eigenvalue weighted by molar-refractivity contribution is -0.272. The molecule has 2 aromatic rings. The lowest BCUT2D eigenvalue weighted by Crippen LogP contribution is -2.45. The molecule has 1 atom stereocenters. The molecule has 1 unspecified atom stereocenters. The Morgan fingerprint density at radius 3 is 2.58 bits per heavy atom. The van der Waals surface area contributed by atoms with Crippen molar-refractivity contribution in [2.45, 2.75) is 24.6 Å². The minimum Gasteiger partial charge on any atom is -0.374 e. The summed E-state index contributed by atoms with van der Waals surface area (Å²) in [5.74, 6) is -0.443. The summed E-state index contributed by atoms with van der Waals surface area (Å²) >= 11 is 0. The smallest absolute Gasteiger partial charge is 0.374 e. The number of hydrogen-bond donors (Lipinski definition) is 3. The van der Waals surface area contributed by atoms with Gasteiger partial charge >= 0.3 is 6.18 Å². The molecule has 0 spiro atoms. The Morgan fingerprint density at radius 1 is 1.31 bits per heavy atom. The van der Waals surface area contributed by atoms with Crippen LogP contribution in [0.3, 0.4) is 0 Å². The summed E-state index contributed by atoms with van der Waals surface area (Å²) in [6, 6.07) is 9.68. The molecule has 26 heavy (non-hydrogen) atoms. The molecule has 0 amide bonds. The zero-order chi connectivity index (χ0) is 19.2. The van der Waals surface area contributed by atoms with Crippen molar-refractivity contribution in [1.82, 2.24) is 14.9 Å². The Kier molecular flexibility index (Phi) is 6.25. The van der Waals surface area contributed by atoms with Gasteiger partial charge in [-0.2, -0.15) is 13.2 Å². The van der Waals surface area contributed by atoms with Crippen LogP contribution in [0, 0.1) is 0 Å². The lowest BCUT2D eigenvalue weighted by Gasteiger charge is -2.29. The zero-order valence-corrected chi connectivity index (χ0v) is 14.4.